The Bertz CT molecular complexity index is 166. The van der Waals surface area contributed by atoms with Crippen molar-refractivity contribution in [1.82, 2.24) is 4.90 Å². The van der Waals surface area contributed by atoms with Gasteiger partial charge in [-0.25, -0.2) is 0 Å². The molecule has 0 aromatic heterocycles. The van der Waals surface area contributed by atoms with E-state index in [0.717, 1.165) is 6.42 Å². The van der Waals surface area contributed by atoms with Crippen LogP contribution in [0.3, 0.4) is 0 Å². The number of rotatable bonds is 5. The maximum Gasteiger partial charge on any atom is 0.248 e. The van der Waals surface area contributed by atoms with Gasteiger partial charge in [-0.05, 0) is 27.2 Å². The SMILES string of the molecule is CCOCC(=O)N(C)C(C)(C)CC. The lowest BCUT2D eigenvalue weighted by atomic mass is 10.00. The molecule has 0 heterocycles. The molecule has 0 bridgehead atoms. The lowest BCUT2D eigenvalue weighted by Gasteiger charge is -2.34. The summed E-state index contributed by atoms with van der Waals surface area (Å²) in [6.07, 6.45) is 0.946. The Kier molecular flexibility index (Phi) is 4.99. The molecule has 0 aromatic carbocycles. The van der Waals surface area contributed by atoms with Gasteiger partial charge in [-0.1, -0.05) is 6.92 Å². The first-order valence-corrected chi connectivity index (χ1v) is 4.80. The van der Waals surface area contributed by atoms with Gasteiger partial charge in [0.15, 0.2) is 0 Å². The van der Waals surface area contributed by atoms with Crippen molar-refractivity contribution in [2.24, 2.45) is 0 Å². The average Bonchev–Trinajstić information content (AvgIpc) is 2.12. The molecule has 0 fully saturated rings. The zero-order chi connectivity index (χ0) is 10.5. The van der Waals surface area contributed by atoms with Crippen LogP contribution in [-0.2, 0) is 9.53 Å². The van der Waals surface area contributed by atoms with Crippen molar-refractivity contribution >= 4 is 5.91 Å². The van der Waals surface area contributed by atoms with Crippen molar-refractivity contribution in [3.8, 4) is 0 Å². The second kappa shape index (κ2) is 5.22. The summed E-state index contributed by atoms with van der Waals surface area (Å²) in [6, 6.07) is 0. The number of nitrogens with zero attached hydrogens (tertiary/aromatic N) is 1. The van der Waals surface area contributed by atoms with E-state index in [1.165, 1.54) is 0 Å². The van der Waals surface area contributed by atoms with E-state index < -0.39 is 0 Å². The van der Waals surface area contributed by atoms with Crippen LogP contribution >= 0.6 is 0 Å². The van der Waals surface area contributed by atoms with Crippen LogP contribution in [0.4, 0.5) is 0 Å². The molecule has 3 nitrogen and oxygen atoms in total. The number of hydrogen-bond donors (Lipinski definition) is 0. The summed E-state index contributed by atoms with van der Waals surface area (Å²) in [5.41, 5.74) is -0.0752. The van der Waals surface area contributed by atoms with Crippen molar-refractivity contribution in [3.63, 3.8) is 0 Å². The lowest BCUT2D eigenvalue weighted by Crippen LogP contribution is -2.46. The molecule has 78 valence electrons. The molecule has 1 amide bonds. The van der Waals surface area contributed by atoms with E-state index in [4.69, 9.17) is 4.74 Å². The first-order valence-electron chi connectivity index (χ1n) is 4.80. The van der Waals surface area contributed by atoms with Gasteiger partial charge in [0.1, 0.15) is 6.61 Å². The molecule has 0 spiro atoms. The van der Waals surface area contributed by atoms with Crippen molar-refractivity contribution in [3.05, 3.63) is 0 Å². The van der Waals surface area contributed by atoms with Crippen LogP contribution in [0.25, 0.3) is 0 Å². The lowest BCUT2D eigenvalue weighted by molar-refractivity contribution is -0.139. The van der Waals surface area contributed by atoms with Crippen molar-refractivity contribution in [2.75, 3.05) is 20.3 Å². The first-order chi connectivity index (χ1) is 5.95. The summed E-state index contributed by atoms with van der Waals surface area (Å²) >= 11 is 0. The highest BCUT2D eigenvalue weighted by atomic mass is 16.5. The smallest absolute Gasteiger partial charge is 0.248 e. The summed E-state index contributed by atoms with van der Waals surface area (Å²) in [5, 5.41) is 0. The molecular formula is C10H21NO2. The standard InChI is InChI=1S/C10H21NO2/c1-6-10(3,4)11(5)9(12)8-13-7-2/h6-8H2,1-5H3. The van der Waals surface area contributed by atoms with E-state index in [1.54, 1.807) is 4.90 Å². The fourth-order valence-corrected chi connectivity index (χ4v) is 0.861. The normalized spacial score (nSPS) is 11.5. The molecule has 0 aliphatic rings. The summed E-state index contributed by atoms with van der Waals surface area (Å²) in [5.74, 6) is 0.0497. The summed E-state index contributed by atoms with van der Waals surface area (Å²) in [7, 11) is 1.82. The summed E-state index contributed by atoms with van der Waals surface area (Å²) < 4.78 is 5.06. The predicted molar refractivity (Wildman–Crippen MR) is 53.6 cm³/mol. The van der Waals surface area contributed by atoms with Gasteiger partial charge in [-0.15, -0.1) is 0 Å². The van der Waals surface area contributed by atoms with Crippen molar-refractivity contribution in [2.45, 2.75) is 39.7 Å². The van der Waals surface area contributed by atoms with Crippen LogP contribution in [-0.4, -0.2) is 36.6 Å². The topological polar surface area (TPSA) is 29.5 Å². The Hall–Kier alpha value is -0.570. The molecule has 0 N–H and O–H groups in total. The highest BCUT2D eigenvalue weighted by molar-refractivity contribution is 5.77. The predicted octanol–water partition coefficient (Wildman–Crippen LogP) is 1.67. The maximum absolute atomic E-state index is 11.5. The average molecular weight is 187 g/mol. The monoisotopic (exact) mass is 187 g/mol. The Labute approximate surface area is 81.1 Å². The Morgan fingerprint density at radius 2 is 1.92 bits per heavy atom. The Morgan fingerprint density at radius 3 is 2.31 bits per heavy atom. The third kappa shape index (κ3) is 3.77. The van der Waals surface area contributed by atoms with Gasteiger partial charge < -0.3 is 9.64 Å². The molecule has 0 saturated heterocycles. The minimum Gasteiger partial charge on any atom is -0.372 e. The quantitative estimate of drug-likeness (QED) is 0.655. The molecule has 0 unspecified atom stereocenters. The largest absolute Gasteiger partial charge is 0.372 e. The third-order valence-electron chi connectivity index (χ3n) is 2.58. The van der Waals surface area contributed by atoms with Crippen LogP contribution in [0.5, 0.6) is 0 Å². The highest BCUT2D eigenvalue weighted by Crippen LogP contribution is 2.16. The molecule has 0 aromatic rings. The number of carbonyl (C=O) groups is 1. The van der Waals surface area contributed by atoms with Crippen molar-refractivity contribution < 1.29 is 9.53 Å². The number of ether oxygens (including phenoxy) is 1. The summed E-state index contributed by atoms with van der Waals surface area (Å²) in [4.78, 5) is 13.3. The summed E-state index contributed by atoms with van der Waals surface area (Å²) in [6.45, 7) is 8.85. The van der Waals surface area contributed by atoms with Gasteiger partial charge in [0.25, 0.3) is 0 Å². The van der Waals surface area contributed by atoms with Gasteiger partial charge in [0, 0.05) is 19.2 Å². The molecular weight excluding hydrogens is 166 g/mol. The van der Waals surface area contributed by atoms with Gasteiger partial charge in [0.2, 0.25) is 5.91 Å². The second-order valence-electron chi connectivity index (χ2n) is 3.76. The van der Waals surface area contributed by atoms with E-state index in [0.29, 0.717) is 6.61 Å². The van der Waals surface area contributed by atoms with Crippen LogP contribution < -0.4 is 0 Å². The number of hydrogen-bond acceptors (Lipinski definition) is 2. The zero-order valence-corrected chi connectivity index (χ0v) is 9.39. The van der Waals surface area contributed by atoms with Gasteiger partial charge >= 0.3 is 0 Å². The molecule has 3 heteroatoms. The molecule has 0 saturated carbocycles. The highest BCUT2D eigenvalue weighted by Gasteiger charge is 2.25. The first kappa shape index (κ1) is 12.4. The Morgan fingerprint density at radius 1 is 1.38 bits per heavy atom. The van der Waals surface area contributed by atoms with Crippen LogP contribution in [0.1, 0.15) is 34.1 Å². The van der Waals surface area contributed by atoms with E-state index >= 15 is 0 Å². The van der Waals surface area contributed by atoms with Crippen LogP contribution in [0.2, 0.25) is 0 Å². The van der Waals surface area contributed by atoms with E-state index in [-0.39, 0.29) is 18.1 Å². The van der Waals surface area contributed by atoms with Crippen molar-refractivity contribution in [1.29, 1.82) is 0 Å². The zero-order valence-electron chi connectivity index (χ0n) is 9.39. The Balaban J connectivity index is 4.09. The van der Waals surface area contributed by atoms with E-state index in [2.05, 4.69) is 20.8 Å². The molecule has 0 radical (unpaired) electrons. The maximum atomic E-state index is 11.5. The molecule has 0 aliphatic heterocycles. The van der Waals surface area contributed by atoms with Gasteiger partial charge in [-0.3, -0.25) is 4.79 Å². The van der Waals surface area contributed by atoms with E-state index in [9.17, 15) is 4.79 Å². The van der Waals surface area contributed by atoms with Crippen LogP contribution in [0.15, 0.2) is 0 Å². The fraction of sp³-hybridized carbons (Fsp3) is 0.900. The van der Waals surface area contributed by atoms with Crippen LogP contribution in [0, 0.1) is 0 Å². The minimum absolute atomic E-state index is 0.0497. The third-order valence-corrected chi connectivity index (χ3v) is 2.58. The van der Waals surface area contributed by atoms with Gasteiger partial charge in [0.05, 0.1) is 0 Å². The minimum atomic E-state index is -0.0752. The van der Waals surface area contributed by atoms with E-state index in [1.807, 2.05) is 14.0 Å². The fourth-order valence-electron chi connectivity index (χ4n) is 0.861. The number of likely N-dealkylation sites (N-methyl/N-ethyl adjacent to an activating group) is 1. The molecule has 13 heavy (non-hydrogen) atoms. The number of carbonyl (C=O) groups excluding carboxylic acids is 1. The van der Waals surface area contributed by atoms with Gasteiger partial charge in [-0.2, -0.15) is 0 Å². The molecule has 0 aliphatic carbocycles. The molecule has 0 atom stereocenters. The molecule has 0 rings (SSSR count). The number of amides is 1. The second-order valence-corrected chi connectivity index (χ2v) is 3.76.